The van der Waals surface area contributed by atoms with Gasteiger partial charge in [0.1, 0.15) is 0 Å². The van der Waals surface area contributed by atoms with Crippen LogP contribution in [0.3, 0.4) is 0 Å². The molecule has 1 aliphatic rings. The van der Waals surface area contributed by atoms with Gasteiger partial charge >= 0.3 is 0 Å². The van der Waals surface area contributed by atoms with Gasteiger partial charge in [-0.2, -0.15) is 0 Å². The third-order valence-electron chi connectivity index (χ3n) is 3.37. The summed E-state index contributed by atoms with van der Waals surface area (Å²) >= 11 is 0. The van der Waals surface area contributed by atoms with Gasteiger partial charge in [0.2, 0.25) is 0 Å². The molecule has 0 unspecified atom stereocenters. The van der Waals surface area contributed by atoms with Crippen LogP contribution >= 0.6 is 0 Å². The SMILES string of the molecule is CC(C)COCCNC(=O)c1cccc2c1CCNC2. The molecule has 0 fully saturated rings. The molecule has 1 amide bonds. The summed E-state index contributed by atoms with van der Waals surface area (Å²) in [6.07, 6.45) is 0.919. The van der Waals surface area contributed by atoms with Gasteiger partial charge in [0, 0.05) is 25.3 Å². The van der Waals surface area contributed by atoms with Gasteiger partial charge in [-0.15, -0.1) is 0 Å². The third-order valence-corrected chi connectivity index (χ3v) is 3.37. The van der Waals surface area contributed by atoms with E-state index in [0.29, 0.717) is 19.1 Å². The normalized spacial score (nSPS) is 14.2. The maximum Gasteiger partial charge on any atom is 0.251 e. The van der Waals surface area contributed by atoms with E-state index in [1.807, 2.05) is 12.1 Å². The zero-order chi connectivity index (χ0) is 14.4. The van der Waals surface area contributed by atoms with E-state index in [-0.39, 0.29) is 5.91 Å². The molecule has 4 nitrogen and oxygen atoms in total. The monoisotopic (exact) mass is 276 g/mol. The minimum Gasteiger partial charge on any atom is -0.379 e. The van der Waals surface area contributed by atoms with Crippen molar-refractivity contribution < 1.29 is 9.53 Å². The fraction of sp³-hybridized carbons (Fsp3) is 0.562. The molecule has 0 saturated carbocycles. The Balaban J connectivity index is 1.86. The Kier molecular flexibility index (Phi) is 5.56. The standard InChI is InChI=1S/C16H24N2O2/c1-12(2)11-20-9-8-18-16(19)15-5-3-4-13-10-17-7-6-14(13)15/h3-5,12,17H,6-11H2,1-2H3,(H,18,19). The fourth-order valence-electron chi connectivity index (χ4n) is 2.40. The largest absolute Gasteiger partial charge is 0.379 e. The van der Waals surface area contributed by atoms with Crippen LogP contribution < -0.4 is 10.6 Å². The number of ether oxygens (including phenoxy) is 1. The molecule has 0 atom stereocenters. The molecule has 20 heavy (non-hydrogen) atoms. The molecule has 1 heterocycles. The number of carbonyl (C=O) groups is 1. The molecule has 0 saturated heterocycles. The Morgan fingerprint density at radius 3 is 3.10 bits per heavy atom. The minimum absolute atomic E-state index is 0.0110. The van der Waals surface area contributed by atoms with E-state index in [4.69, 9.17) is 4.74 Å². The van der Waals surface area contributed by atoms with Gasteiger partial charge in [-0.1, -0.05) is 26.0 Å². The van der Waals surface area contributed by atoms with Gasteiger partial charge in [-0.05, 0) is 36.1 Å². The van der Waals surface area contributed by atoms with E-state index in [2.05, 4.69) is 30.5 Å². The summed E-state index contributed by atoms with van der Waals surface area (Å²) in [6, 6.07) is 5.95. The first-order chi connectivity index (χ1) is 9.68. The summed E-state index contributed by atoms with van der Waals surface area (Å²) in [5.74, 6) is 0.538. The van der Waals surface area contributed by atoms with E-state index >= 15 is 0 Å². The Labute approximate surface area is 120 Å². The highest BCUT2D eigenvalue weighted by Crippen LogP contribution is 2.18. The first-order valence-electron chi connectivity index (χ1n) is 7.36. The number of nitrogens with one attached hydrogen (secondary N) is 2. The van der Waals surface area contributed by atoms with Gasteiger partial charge < -0.3 is 15.4 Å². The summed E-state index contributed by atoms with van der Waals surface area (Å²) in [5.41, 5.74) is 3.24. The number of carbonyl (C=O) groups excluding carboxylic acids is 1. The quantitative estimate of drug-likeness (QED) is 0.778. The van der Waals surface area contributed by atoms with Crippen molar-refractivity contribution in [2.24, 2.45) is 5.92 Å². The Bertz CT molecular complexity index is 458. The Morgan fingerprint density at radius 2 is 2.30 bits per heavy atom. The molecule has 0 radical (unpaired) electrons. The van der Waals surface area contributed by atoms with Crippen molar-refractivity contribution in [3.8, 4) is 0 Å². The summed E-state index contributed by atoms with van der Waals surface area (Å²) in [7, 11) is 0. The molecule has 1 aromatic carbocycles. The van der Waals surface area contributed by atoms with E-state index in [1.54, 1.807) is 0 Å². The molecule has 0 aromatic heterocycles. The first kappa shape index (κ1) is 15.0. The zero-order valence-corrected chi connectivity index (χ0v) is 12.4. The van der Waals surface area contributed by atoms with Crippen LogP contribution in [0.25, 0.3) is 0 Å². The molecule has 0 aliphatic carbocycles. The molecule has 2 rings (SSSR count). The number of amides is 1. The molecule has 1 aromatic rings. The van der Waals surface area contributed by atoms with Crippen LogP contribution in [0.15, 0.2) is 18.2 Å². The van der Waals surface area contributed by atoms with E-state index in [9.17, 15) is 4.79 Å². The lowest BCUT2D eigenvalue weighted by Crippen LogP contribution is -2.31. The molecule has 1 aliphatic heterocycles. The zero-order valence-electron chi connectivity index (χ0n) is 12.4. The van der Waals surface area contributed by atoms with Crippen molar-refractivity contribution in [1.82, 2.24) is 10.6 Å². The lowest BCUT2D eigenvalue weighted by Gasteiger charge is -2.20. The summed E-state index contributed by atoms with van der Waals surface area (Å²) in [4.78, 5) is 12.2. The summed E-state index contributed by atoms with van der Waals surface area (Å²) < 4.78 is 5.47. The lowest BCUT2D eigenvalue weighted by atomic mass is 9.95. The van der Waals surface area contributed by atoms with Gasteiger partial charge in [0.25, 0.3) is 5.91 Å². The van der Waals surface area contributed by atoms with Crippen LogP contribution in [0.4, 0.5) is 0 Å². The number of fused-ring (bicyclic) bond motifs is 1. The third kappa shape index (κ3) is 4.05. The first-order valence-corrected chi connectivity index (χ1v) is 7.36. The predicted molar refractivity (Wildman–Crippen MR) is 79.8 cm³/mol. The maximum atomic E-state index is 12.2. The number of hydrogen-bond donors (Lipinski definition) is 2. The van der Waals surface area contributed by atoms with Crippen LogP contribution in [-0.4, -0.2) is 32.2 Å². The van der Waals surface area contributed by atoms with Gasteiger partial charge in [-0.3, -0.25) is 4.79 Å². The molecule has 2 N–H and O–H groups in total. The van der Waals surface area contributed by atoms with Crippen molar-refractivity contribution in [2.75, 3.05) is 26.3 Å². The molecule has 0 spiro atoms. The van der Waals surface area contributed by atoms with Gasteiger partial charge in [0.05, 0.1) is 6.61 Å². The molecular weight excluding hydrogens is 252 g/mol. The summed E-state index contributed by atoms with van der Waals surface area (Å²) in [5, 5.41) is 6.26. The van der Waals surface area contributed by atoms with Gasteiger partial charge in [0.15, 0.2) is 0 Å². The molecular formula is C16H24N2O2. The number of benzene rings is 1. The van der Waals surface area contributed by atoms with Crippen molar-refractivity contribution in [1.29, 1.82) is 0 Å². The van der Waals surface area contributed by atoms with Crippen molar-refractivity contribution in [3.63, 3.8) is 0 Å². The molecule has 110 valence electrons. The van der Waals surface area contributed by atoms with Gasteiger partial charge in [-0.25, -0.2) is 0 Å². The average molecular weight is 276 g/mol. The van der Waals surface area contributed by atoms with Crippen molar-refractivity contribution in [2.45, 2.75) is 26.8 Å². The van der Waals surface area contributed by atoms with Crippen LogP contribution in [0, 0.1) is 5.92 Å². The average Bonchev–Trinajstić information content (AvgIpc) is 2.45. The highest BCUT2D eigenvalue weighted by atomic mass is 16.5. The van der Waals surface area contributed by atoms with E-state index in [1.165, 1.54) is 11.1 Å². The summed E-state index contributed by atoms with van der Waals surface area (Å²) in [6.45, 7) is 7.89. The van der Waals surface area contributed by atoms with Crippen LogP contribution in [-0.2, 0) is 17.7 Å². The topological polar surface area (TPSA) is 50.4 Å². The van der Waals surface area contributed by atoms with Crippen molar-refractivity contribution in [3.05, 3.63) is 34.9 Å². The predicted octanol–water partition coefficient (Wildman–Crippen LogP) is 1.73. The van der Waals surface area contributed by atoms with Crippen molar-refractivity contribution >= 4 is 5.91 Å². The fourth-order valence-corrected chi connectivity index (χ4v) is 2.40. The molecule has 4 heteroatoms. The smallest absolute Gasteiger partial charge is 0.251 e. The van der Waals surface area contributed by atoms with Crippen LogP contribution in [0.2, 0.25) is 0 Å². The number of rotatable bonds is 6. The minimum atomic E-state index is 0.0110. The Morgan fingerprint density at radius 1 is 1.45 bits per heavy atom. The lowest BCUT2D eigenvalue weighted by molar-refractivity contribution is 0.0885. The Hall–Kier alpha value is -1.39. The molecule has 0 bridgehead atoms. The highest BCUT2D eigenvalue weighted by Gasteiger charge is 2.16. The van der Waals surface area contributed by atoms with E-state index in [0.717, 1.165) is 31.7 Å². The van der Waals surface area contributed by atoms with Crippen LogP contribution in [0.1, 0.15) is 35.3 Å². The van der Waals surface area contributed by atoms with E-state index < -0.39 is 0 Å². The second-order valence-electron chi connectivity index (χ2n) is 5.59. The van der Waals surface area contributed by atoms with Crippen LogP contribution in [0.5, 0.6) is 0 Å². The number of hydrogen-bond acceptors (Lipinski definition) is 3. The second-order valence-corrected chi connectivity index (χ2v) is 5.59. The maximum absolute atomic E-state index is 12.2. The second kappa shape index (κ2) is 7.41. The highest BCUT2D eigenvalue weighted by molar-refractivity contribution is 5.96.